The molecule has 0 radical (unpaired) electrons. The van der Waals surface area contributed by atoms with Crippen LogP contribution in [0.2, 0.25) is 0 Å². The van der Waals surface area contributed by atoms with Gasteiger partial charge in [0.25, 0.3) is 0 Å². The molecule has 1 aliphatic rings. The Morgan fingerprint density at radius 2 is 1.72 bits per heavy atom. The molecule has 4 heterocycles. The van der Waals surface area contributed by atoms with Crippen LogP contribution in [0, 0.1) is 0 Å². The van der Waals surface area contributed by atoms with E-state index in [-0.39, 0.29) is 0 Å². The van der Waals surface area contributed by atoms with E-state index in [1.807, 2.05) is 30.3 Å². The van der Waals surface area contributed by atoms with E-state index >= 15 is 0 Å². The molecular formula is C22H21N7. The molecule has 0 saturated carbocycles. The summed E-state index contributed by atoms with van der Waals surface area (Å²) in [6.07, 6.45) is 4.40. The molecule has 3 aromatic heterocycles. The number of rotatable bonds is 4. The highest BCUT2D eigenvalue weighted by Crippen LogP contribution is 2.26. The number of benzene rings is 1. The zero-order valence-electron chi connectivity index (χ0n) is 16.2. The van der Waals surface area contributed by atoms with Gasteiger partial charge in [-0.25, -0.2) is 9.97 Å². The fourth-order valence-electron chi connectivity index (χ4n) is 3.61. The number of hydrogen-bond acceptors (Lipinski definition) is 6. The van der Waals surface area contributed by atoms with Gasteiger partial charge in [0.1, 0.15) is 5.82 Å². The second kappa shape index (κ2) is 7.43. The van der Waals surface area contributed by atoms with Gasteiger partial charge in [-0.3, -0.25) is 4.98 Å². The molecule has 0 fully saturated rings. The summed E-state index contributed by atoms with van der Waals surface area (Å²) in [7, 11) is 0. The molecule has 1 aliphatic heterocycles. The molecule has 0 N–H and O–H groups in total. The maximum absolute atomic E-state index is 4.84. The summed E-state index contributed by atoms with van der Waals surface area (Å²) < 4.78 is 2.21. The van der Waals surface area contributed by atoms with E-state index in [0.717, 1.165) is 59.6 Å². The molecule has 5 rings (SSSR count). The second-order valence-electron chi connectivity index (χ2n) is 7.01. The zero-order chi connectivity index (χ0) is 19.6. The van der Waals surface area contributed by atoms with Crippen LogP contribution in [0.4, 0.5) is 5.82 Å². The second-order valence-corrected chi connectivity index (χ2v) is 7.01. The van der Waals surface area contributed by atoms with Gasteiger partial charge in [0.2, 0.25) is 0 Å². The van der Waals surface area contributed by atoms with Crippen LogP contribution >= 0.6 is 0 Å². The number of hydrogen-bond donors (Lipinski definition) is 0. The molecule has 0 amide bonds. The summed E-state index contributed by atoms with van der Waals surface area (Å²) in [5.41, 5.74) is 3.09. The Morgan fingerprint density at radius 1 is 0.897 bits per heavy atom. The molecule has 0 unspecified atom stereocenters. The summed E-state index contributed by atoms with van der Waals surface area (Å²) in [5, 5.41) is 8.89. The fraction of sp³-hybridized carbons (Fsp3) is 0.227. The van der Waals surface area contributed by atoms with Gasteiger partial charge in [-0.2, -0.15) is 0 Å². The van der Waals surface area contributed by atoms with Crippen LogP contribution in [-0.4, -0.2) is 36.3 Å². The van der Waals surface area contributed by atoms with Crippen LogP contribution in [0.5, 0.6) is 0 Å². The van der Waals surface area contributed by atoms with Crippen LogP contribution in [0.25, 0.3) is 22.8 Å². The van der Waals surface area contributed by atoms with Crippen molar-refractivity contribution < 1.29 is 0 Å². The lowest BCUT2D eigenvalue weighted by Gasteiger charge is -2.29. The molecular weight excluding hydrogens is 362 g/mol. The smallest absolute Gasteiger partial charge is 0.164 e. The van der Waals surface area contributed by atoms with E-state index < -0.39 is 0 Å². The highest BCUT2D eigenvalue weighted by Gasteiger charge is 2.23. The summed E-state index contributed by atoms with van der Waals surface area (Å²) in [4.78, 5) is 15.9. The van der Waals surface area contributed by atoms with E-state index in [0.29, 0.717) is 6.54 Å². The average Bonchev–Trinajstić information content (AvgIpc) is 3.23. The third-order valence-corrected chi connectivity index (χ3v) is 5.18. The van der Waals surface area contributed by atoms with Gasteiger partial charge in [-0.15, -0.1) is 10.2 Å². The van der Waals surface area contributed by atoms with Gasteiger partial charge in [0.05, 0.1) is 6.54 Å². The number of fused-ring (bicyclic) bond motifs is 1. The Bertz CT molecular complexity index is 1120. The summed E-state index contributed by atoms with van der Waals surface area (Å²) in [5.74, 6) is 3.55. The van der Waals surface area contributed by atoms with Crippen LogP contribution < -0.4 is 4.90 Å². The molecule has 7 heteroatoms. The van der Waals surface area contributed by atoms with Crippen molar-refractivity contribution in [1.29, 1.82) is 0 Å². The van der Waals surface area contributed by atoms with E-state index in [1.54, 1.807) is 12.4 Å². The third-order valence-electron chi connectivity index (χ3n) is 5.18. The molecule has 0 bridgehead atoms. The summed E-state index contributed by atoms with van der Waals surface area (Å²) >= 11 is 0. The van der Waals surface area contributed by atoms with Gasteiger partial charge in [-0.05, 0) is 18.6 Å². The maximum atomic E-state index is 4.84. The maximum Gasteiger partial charge on any atom is 0.164 e. The largest absolute Gasteiger partial charge is 0.347 e. The molecule has 29 heavy (non-hydrogen) atoms. The first-order valence-corrected chi connectivity index (χ1v) is 9.82. The topological polar surface area (TPSA) is 72.6 Å². The Hall–Kier alpha value is -3.61. The molecule has 7 nitrogen and oxygen atoms in total. The lowest BCUT2D eigenvalue weighted by atomic mass is 10.2. The van der Waals surface area contributed by atoms with Gasteiger partial charge in [0.15, 0.2) is 17.5 Å². The minimum absolute atomic E-state index is 0.676. The van der Waals surface area contributed by atoms with Crippen molar-refractivity contribution in [3.63, 3.8) is 0 Å². The number of aromatic nitrogens is 6. The van der Waals surface area contributed by atoms with Crippen LogP contribution in [-0.2, 0) is 19.5 Å². The quantitative estimate of drug-likeness (QED) is 0.538. The monoisotopic (exact) mass is 383 g/mol. The molecule has 144 valence electrons. The van der Waals surface area contributed by atoms with Crippen molar-refractivity contribution in [2.75, 3.05) is 11.4 Å². The first-order valence-electron chi connectivity index (χ1n) is 9.82. The fourth-order valence-corrected chi connectivity index (χ4v) is 3.61. The SMILES string of the molecule is CCc1cc(N2CCn3c(nnc3-c3ccccc3)C2)nc(-c2ccncc2)n1. The van der Waals surface area contributed by atoms with Gasteiger partial charge >= 0.3 is 0 Å². The van der Waals surface area contributed by atoms with Crippen molar-refractivity contribution in [1.82, 2.24) is 29.7 Å². The highest BCUT2D eigenvalue weighted by molar-refractivity contribution is 5.58. The Morgan fingerprint density at radius 3 is 2.52 bits per heavy atom. The van der Waals surface area contributed by atoms with Crippen molar-refractivity contribution >= 4 is 5.82 Å². The predicted octanol–water partition coefficient (Wildman–Crippen LogP) is 3.38. The van der Waals surface area contributed by atoms with Crippen LogP contribution in [0.3, 0.4) is 0 Å². The standard InChI is InChI=1S/C22H21N7/c1-2-18-14-19(25-21(24-18)16-8-10-23-11-9-16)28-12-13-29-20(15-28)26-27-22(29)17-6-4-3-5-7-17/h3-11,14H,2,12-13,15H2,1H3. The van der Waals surface area contributed by atoms with Gasteiger partial charge < -0.3 is 9.47 Å². The van der Waals surface area contributed by atoms with E-state index in [2.05, 4.69) is 49.8 Å². The normalized spacial score (nSPS) is 13.3. The molecule has 0 atom stereocenters. The first kappa shape index (κ1) is 17.5. The van der Waals surface area contributed by atoms with Crippen molar-refractivity contribution in [3.05, 3.63) is 72.4 Å². The molecule has 0 aliphatic carbocycles. The number of pyridine rings is 1. The van der Waals surface area contributed by atoms with Crippen molar-refractivity contribution in [2.24, 2.45) is 0 Å². The van der Waals surface area contributed by atoms with E-state index in [1.165, 1.54) is 0 Å². The van der Waals surface area contributed by atoms with E-state index in [9.17, 15) is 0 Å². The molecule has 0 spiro atoms. The summed E-state index contributed by atoms with van der Waals surface area (Å²) in [6, 6.07) is 16.2. The Kier molecular flexibility index (Phi) is 4.48. The molecule has 0 saturated heterocycles. The minimum Gasteiger partial charge on any atom is -0.347 e. The van der Waals surface area contributed by atoms with E-state index in [4.69, 9.17) is 9.97 Å². The van der Waals surface area contributed by atoms with Gasteiger partial charge in [-0.1, -0.05) is 37.3 Å². The van der Waals surface area contributed by atoms with Crippen LogP contribution in [0.15, 0.2) is 60.9 Å². The molecule has 1 aromatic carbocycles. The highest BCUT2D eigenvalue weighted by atomic mass is 15.3. The Labute approximate surface area is 169 Å². The Balaban J connectivity index is 1.47. The summed E-state index contributed by atoms with van der Waals surface area (Å²) in [6.45, 7) is 4.46. The third kappa shape index (κ3) is 3.35. The first-order chi connectivity index (χ1) is 14.3. The van der Waals surface area contributed by atoms with Crippen LogP contribution in [0.1, 0.15) is 18.4 Å². The number of anilines is 1. The van der Waals surface area contributed by atoms with Crippen molar-refractivity contribution in [3.8, 4) is 22.8 Å². The minimum atomic E-state index is 0.676. The lowest BCUT2D eigenvalue weighted by molar-refractivity contribution is 0.559. The zero-order valence-corrected chi connectivity index (χ0v) is 16.2. The van der Waals surface area contributed by atoms with Gasteiger partial charge in [0, 0.05) is 48.4 Å². The molecule has 4 aromatic rings. The average molecular weight is 383 g/mol. The lowest BCUT2D eigenvalue weighted by Crippen LogP contribution is -2.34. The number of aryl methyl sites for hydroxylation is 1. The number of nitrogens with zero attached hydrogens (tertiary/aromatic N) is 7. The predicted molar refractivity (Wildman–Crippen MR) is 111 cm³/mol. The van der Waals surface area contributed by atoms with Crippen molar-refractivity contribution in [2.45, 2.75) is 26.4 Å².